The minimum Gasteiger partial charge on any atom is -0.462 e. The second-order valence-corrected chi connectivity index (χ2v) is 13.0. The summed E-state index contributed by atoms with van der Waals surface area (Å²) >= 11 is 0. The summed E-state index contributed by atoms with van der Waals surface area (Å²) < 4.78 is 10.6. The van der Waals surface area contributed by atoms with Crippen LogP contribution in [0.15, 0.2) is 12.2 Å². The molecule has 260 valence electrons. The van der Waals surface area contributed by atoms with Crippen LogP contribution in [-0.4, -0.2) is 36.4 Å². The summed E-state index contributed by atoms with van der Waals surface area (Å²) in [7, 11) is 0. The summed E-state index contributed by atoms with van der Waals surface area (Å²) in [5.74, 6) is -0.587. The van der Waals surface area contributed by atoms with Crippen molar-refractivity contribution in [3.63, 3.8) is 0 Å². The topological polar surface area (TPSA) is 72.8 Å². The quantitative estimate of drug-likeness (QED) is 0.0432. The first kappa shape index (κ1) is 42.6. The van der Waals surface area contributed by atoms with E-state index in [9.17, 15) is 14.7 Å². The van der Waals surface area contributed by atoms with Gasteiger partial charge >= 0.3 is 11.9 Å². The molecular formula is C39H74O5. The van der Waals surface area contributed by atoms with Crippen molar-refractivity contribution in [1.82, 2.24) is 0 Å². The maximum absolute atomic E-state index is 12.1. The van der Waals surface area contributed by atoms with Crippen molar-refractivity contribution < 1.29 is 24.2 Å². The molecule has 0 rings (SSSR count). The van der Waals surface area contributed by atoms with Crippen LogP contribution in [0.5, 0.6) is 0 Å². The van der Waals surface area contributed by atoms with Gasteiger partial charge in [-0.2, -0.15) is 0 Å². The molecule has 0 aromatic rings. The average Bonchev–Trinajstić information content (AvgIpc) is 3.02. The number of unbranched alkanes of at least 4 members (excludes halogenated alkanes) is 25. The summed E-state index contributed by atoms with van der Waals surface area (Å²) in [5, 5.41) is 9.53. The SMILES string of the molecule is CCCCCCCCC=CCCCCCCCCCC(=O)OC[C@H](CO)OC(=O)CCCCCCCCCCCCCCC. The molecule has 0 saturated carbocycles. The third kappa shape index (κ3) is 33.5. The smallest absolute Gasteiger partial charge is 0.306 e. The molecule has 0 fully saturated rings. The molecule has 0 aliphatic rings. The highest BCUT2D eigenvalue weighted by atomic mass is 16.6. The van der Waals surface area contributed by atoms with Crippen LogP contribution in [-0.2, 0) is 19.1 Å². The molecule has 0 spiro atoms. The van der Waals surface area contributed by atoms with Crippen molar-refractivity contribution >= 4 is 11.9 Å². The molecule has 0 aliphatic heterocycles. The van der Waals surface area contributed by atoms with Crippen LogP contribution in [0.4, 0.5) is 0 Å². The van der Waals surface area contributed by atoms with Crippen LogP contribution in [0.1, 0.15) is 206 Å². The van der Waals surface area contributed by atoms with Crippen LogP contribution in [0, 0.1) is 0 Å². The number of carbonyl (C=O) groups is 2. The predicted octanol–water partition coefficient (Wildman–Crippen LogP) is 11.7. The van der Waals surface area contributed by atoms with E-state index in [1.165, 1.54) is 141 Å². The van der Waals surface area contributed by atoms with Crippen LogP contribution in [0.2, 0.25) is 0 Å². The number of carbonyl (C=O) groups excluding carboxylic acids is 2. The van der Waals surface area contributed by atoms with Crippen molar-refractivity contribution in [3.05, 3.63) is 12.2 Å². The zero-order valence-corrected chi connectivity index (χ0v) is 29.4. The lowest BCUT2D eigenvalue weighted by atomic mass is 10.0. The van der Waals surface area contributed by atoms with E-state index in [1.807, 2.05) is 0 Å². The maximum atomic E-state index is 12.1. The second kappa shape index (κ2) is 36.1. The van der Waals surface area contributed by atoms with Gasteiger partial charge in [-0.15, -0.1) is 0 Å². The molecule has 0 aliphatic carbocycles. The van der Waals surface area contributed by atoms with Gasteiger partial charge in [-0.25, -0.2) is 0 Å². The Kier molecular flexibility index (Phi) is 35.0. The average molecular weight is 623 g/mol. The van der Waals surface area contributed by atoms with E-state index in [4.69, 9.17) is 9.47 Å². The van der Waals surface area contributed by atoms with Crippen molar-refractivity contribution in [2.75, 3.05) is 13.2 Å². The number of aliphatic hydroxyl groups excluding tert-OH is 1. The Morgan fingerprint density at radius 3 is 1.23 bits per heavy atom. The first-order valence-electron chi connectivity index (χ1n) is 19.2. The largest absolute Gasteiger partial charge is 0.462 e. The van der Waals surface area contributed by atoms with E-state index in [0.717, 1.165) is 38.5 Å². The number of ether oxygens (including phenoxy) is 2. The normalized spacial score (nSPS) is 12.2. The molecule has 44 heavy (non-hydrogen) atoms. The lowest BCUT2D eigenvalue weighted by Crippen LogP contribution is -2.28. The minimum absolute atomic E-state index is 0.0624. The molecule has 0 bridgehead atoms. The van der Waals surface area contributed by atoms with Crippen molar-refractivity contribution in [1.29, 1.82) is 0 Å². The Morgan fingerprint density at radius 1 is 0.500 bits per heavy atom. The van der Waals surface area contributed by atoms with Gasteiger partial charge < -0.3 is 14.6 Å². The van der Waals surface area contributed by atoms with Gasteiger partial charge in [0.1, 0.15) is 6.61 Å². The highest BCUT2D eigenvalue weighted by Gasteiger charge is 2.16. The molecule has 5 nitrogen and oxygen atoms in total. The van der Waals surface area contributed by atoms with Gasteiger partial charge in [0.05, 0.1) is 6.61 Å². The first-order chi connectivity index (χ1) is 21.6. The summed E-state index contributed by atoms with van der Waals surface area (Å²) in [6, 6.07) is 0. The van der Waals surface area contributed by atoms with Crippen LogP contribution >= 0.6 is 0 Å². The molecule has 0 radical (unpaired) electrons. The standard InChI is InChI=1S/C39H74O5/c1-3-5-7-9-11-13-15-17-18-19-20-22-23-25-27-29-31-33-38(41)43-36-37(35-40)44-39(42)34-32-30-28-26-24-21-16-14-12-10-8-6-4-2/h17-18,37,40H,3-16,19-36H2,1-2H3/t37-/m0/s1. The lowest BCUT2D eigenvalue weighted by molar-refractivity contribution is -0.161. The van der Waals surface area contributed by atoms with Gasteiger partial charge in [0.15, 0.2) is 6.10 Å². The molecule has 0 aromatic heterocycles. The molecular weight excluding hydrogens is 548 g/mol. The number of allylic oxidation sites excluding steroid dienone is 2. The Hall–Kier alpha value is -1.36. The third-order valence-corrected chi connectivity index (χ3v) is 8.56. The fourth-order valence-electron chi connectivity index (χ4n) is 5.61. The van der Waals surface area contributed by atoms with Gasteiger partial charge in [0, 0.05) is 12.8 Å². The highest BCUT2D eigenvalue weighted by molar-refractivity contribution is 5.70. The van der Waals surface area contributed by atoms with Crippen molar-refractivity contribution in [2.24, 2.45) is 0 Å². The lowest BCUT2D eigenvalue weighted by Gasteiger charge is -2.15. The highest BCUT2D eigenvalue weighted by Crippen LogP contribution is 2.14. The summed E-state index contributed by atoms with van der Waals surface area (Å²) in [5.41, 5.74) is 0. The Labute approximate surface area is 273 Å². The second-order valence-electron chi connectivity index (χ2n) is 13.0. The molecule has 0 heterocycles. The van der Waals surface area contributed by atoms with Gasteiger partial charge in [0.2, 0.25) is 0 Å². The van der Waals surface area contributed by atoms with Gasteiger partial charge in [0.25, 0.3) is 0 Å². The molecule has 0 aromatic carbocycles. The molecule has 1 N–H and O–H groups in total. The molecule has 0 saturated heterocycles. The van der Waals surface area contributed by atoms with E-state index in [1.54, 1.807) is 0 Å². The monoisotopic (exact) mass is 623 g/mol. The van der Waals surface area contributed by atoms with Crippen molar-refractivity contribution in [2.45, 2.75) is 213 Å². The Morgan fingerprint density at radius 2 is 0.841 bits per heavy atom. The molecule has 1 atom stereocenters. The van der Waals surface area contributed by atoms with Gasteiger partial charge in [-0.1, -0.05) is 167 Å². The number of rotatable bonds is 35. The predicted molar refractivity (Wildman–Crippen MR) is 187 cm³/mol. The van der Waals surface area contributed by atoms with E-state index in [-0.39, 0.29) is 25.2 Å². The fraction of sp³-hybridized carbons (Fsp3) is 0.897. The summed E-state index contributed by atoms with van der Waals surface area (Å²) in [6.07, 6.45) is 39.8. The third-order valence-electron chi connectivity index (χ3n) is 8.56. The van der Waals surface area contributed by atoms with Crippen LogP contribution in [0.3, 0.4) is 0 Å². The van der Waals surface area contributed by atoms with E-state index >= 15 is 0 Å². The zero-order valence-electron chi connectivity index (χ0n) is 29.4. The van der Waals surface area contributed by atoms with E-state index < -0.39 is 6.10 Å². The van der Waals surface area contributed by atoms with E-state index in [0.29, 0.717) is 12.8 Å². The molecule has 0 amide bonds. The summed E-state index contributed by atoms with van der Waals surface area (Å²) in [4.78, 5) is 24.2. The summed E-state index contributed by atoms with van der Waals surface area (Å²) in [6.45, 7) is 4.14. The van der Waals surface area contributed by atoms with Gasteiger partial charge in [-0.3, -0.25) is 9.59 Å². The van der Waals surface area contributed by atoms with Crippen molar-refractivity contribution in [3.8, 4) is 0 Å². The number of hydrogen-bond donors (Lipinski definition) is 1. The fourth-order valence-corrected chi connectivity index (χ4v) is 5.61. The Bertz CT molecular complexity index is 632. The first-order valence-corrected chi connectivity index (χ1v) is 19.2. The van der Waals surface area contributed by atoms with Crippen LogP contribution < -0.4 is 0 Å². The maximum Gasteiger partial charge on any atom is 0.306 e. The number of esters is 2. The van der Waals surface area contributed by atoms with E-state index in [2.05, 4.69) is 26.0 Å². The Balaban J connectivity index is 3.53. The minimum atomic E-state index is -0.765. The van der Waals surface area contributed by atoms with Crippen LogP contribution in [0.25, 0.3) is 0 Å². The number of aliphatic hydroxyl groups is 1. The van der Waals surface area contributed by atoms with Gasteiger partial charge in [-0.05, 0) is 38.5 Å². The molecule has 0 unspecified atom stereocenters. The zero-order chi connectivity index (χ0) is 32.2. The number of hydrogen-bond acceptors (Lipinski definition) is 5. The molecule has 5 heteroatoms.